The molecule has 0 rings (SSSR count). The Labute approximate surface area is 61.2 Å². The maximum Gasteiger partial charge on any atom is 0 e. The second kappa shape index (κ2) is 18.9. The molecular weight excluding hydrogens is 333 g/mol. The smallest absolute Gasteiger partial charge is 0 e. The Morgan fingerprint density at radius 2 is 1.20 bits per heavy atom. The van der Waals surface area contributed by atoms with Gasteiger partial charge in [-0.1, -0.05) is 0 Å². The van der Waals surface area contributed by atoms with Gasteiger partial charge in [-0.3, -0.25) is 8.92 Å². The molecule has 0 aliphatic carbocycles. The first-order chi connectivity index (χ1) is 1.41. The molecule has 0 fully saturated rings. The average Bonchev–Trinajstić information content (AvgIpc) is 0.918. The minimum absolute atomic E-state index is 0. The van der Waals surface area contributed by atoms with Crippen LogP contribution in [0.4, 0.5) is 0 Å². The molecule has 5 heteroatoms. The van der Waals surface area contributed by atoms with Crippen LogP contribution in [-0.2, 0) is 26.0 Å². The molecule has 0 saturated heterocycles. The van der Waals surface area contributed by atoms with Gasteiger partial charge in [-0.15, -0.1) is 0 Å². The fourth-order valence-corrected chi connectivity index (χ4v) is 0. The van der Waals surface area contributed by atoms with E-state index in [1.807, 2.05) is 0 Å². The molecule has 0 atom stereocenters. The molecule has 0 unspecified atom stereocenters. The van der Waals surface area contributed by atoms with Crippen LogP contribution in [0.3, 0.4) is 0 Å². The van der Waals surface area contributed by atoms with Crippen molar-refractivity contribution in [3.8, 4) is 0 Å². The standard InChI is InChI=1S/Bi.Cu.O2Si.3H/c;;1-3-2;;;. The minimum atomic E-state index is -1.42. The monoisotopic (exact) mass is 335 g/mol. The van der Waals surface area contributed by atoms with E-state index in [-0.39, 0.29) is 43.3 Å². The van der Waals surface area contributed by atoms with Crippen LogP contribution in [0.2, 0.25) is 0 Å². The van der Waals surface area contributed by atoms with E-state index in [4.69, 9.17) is 8.92 Å². The van der Waals surface area contributed by atoms with Crippen LogP contribution in [0.5, 0.6) is 0 Å². The summed E-state index contributed by atoms with van der Waals surface area (Å²) in [5.41, 5.74) is 0. The SMILES string of the molecule is O=[Si]=O.[BiH3].[Cu]. The third-order valence-corrected chi connectivity index (χ3v) is 0. The molecule has 0 aliphatic rings. The summed E-state index contributed by atoms with van der Waals surface area (Å²) in [6, 6.07) is 0. The maximum absolute atomic E-state index is 8.40. The Hall–Kier alpha value is 1.22. The van der Waals surface area contributed by atoms with E-state index in [2.05, 4.69) is 0 Å². The fourth-order valence-electron chi connectivity index (χ4n) is 0. The van der Waals surface area contributed by atoms with E-state index in [9.17, 15) is 0 Å². The zero-order valence-corrected chi connectivity index (χ0v) is 9.76. The first-order valence-corrected chi connectivity index (χ1v) is 1.22. The van der Waals surface area contributed by atoms with Gasteiger partial charge in [-0.2, -0.15) is 0 Å². The Bertz CT molecular complexity index is 30.6. The normalized spacial score (nSPS) is 1.60. The molecule has 1 radical (unpaired) electrons. The Morgan fingerprint density at radius 1 is 1.20 bits per heavy atom. The second-order valence-electron chi connectivity index (χ2n) is 0.0833. The zero-order chi connectivity index (χ0) is 2.71. The summed E-state index contributed by atoms with van der Waals surface area (Å²) in [5.74, 6) is 0. The van der Waals surface area contributed by atoms with Crippen molar-refractivity contribution < 1.29 is 26.0 Å². The molecule has 35 valence electrons. The molecule has 0 aromatic heterocycles. The van der Waals surface area contributed by atoms with Crippen molar-refractivity contribution in [2.24, 2.45) is 0 Å². The van der Waals surface area contributed by atoms with Crippen LogP contribution < -0.4 is 0 Å². The molecule has 0 spiro atoms. The van der Waals surface area contributed by atoms with Crippen molar-refractivity contribution >= 4 is 35.5 Å². The number of hydrogen-bond donors (Lipinski definition) is 0. The van der Waals surface area contributed by atoms with Gasteiger partial charge in [0, 0.05) is 17.1 Å². The Morgan fingerprint density at radius 3 is 1.20 bits per heavy atom. The third-order valence-electron chi connectivity index (χ3n) is 0. The maximum atomic E-state index is 8.40. The molecule has 0 aromatic carbocycles. The molecule has 0 aromatic rings. The van der Waals surface area contributed by atoms with Gasteiger partial charge in [0.1, 0.15) is 0 Å². The van der Waals surface area contributed by atoms with E-state index >= 15 is 0 Å². The first kappa shape index (κ1) is 16.3. The van der Waals surface area contributed by atoms with Crippen LogP contribution in [0.1, 0.15) is 0 Å². The van der Waals surface area contributed by atoms with Gasteiger partial charge in [0.25, 0.3) is 0 Å². The predicted molar refractivity (Wildman–Crippen MR) is 17.1 cm³/mol. The number of rotatable bonds is 0. The van der Waals surface area contributed by atoms with E-state index in [1.54, 1.807) is 0 Å². The van der Waals surface area contributed by atoms with Gasteiger partial charge in [0.05, 0.1) is 0 Å². The van der Waals surface area contributed by atoms with Gasteiger partial charge in [-0.05, 0) is 0 Å². The molecule has 0 heterocycles. The summed E-state index contributed by atoms with van der Waals surface area (Å²) in [6.07, 6.45) is 0. The van der Waals surface area contributed by atoms with Gasteiger partial charge >= 0.3 is 35.5 Å². The molecule has 0 amide bonds. The Kier molecular flexibility index (Phi) is 61.7. The van der Waals surface area contributed by atoms with Crippen molar-refractivity contribution in [2.45, 2.75) is 0 Å². The molecule has 2 nitrogen and oxygen atoms in total. The van der Waals surface area contributed by atoms with Gasteiger partial charge in [-0.25, -0.2) is 0 Å². The van der Waals surface area contributed by atoms with Crippen LogP contribution in [0.25, 0.3) is 0 Å². The Balaban J connectivity index is -0.0000000200. The van der Waals surface area contributed by atoms with Crippen LogP contribution in [-0.4, -0.2) is 35.5 Å². The van der Waals surface area contributed by atoms with Gasteiger partial charge in [0.2, 0.25) is 0 Å². The van der Waals surface area contributed by atoms with Crippen LogP contribution in [0, 0.1) is 0 Å². The predicted octanol–water partition coefficient (Wildman–Crippen LogP) is -1.80. The molecule has 0 N–H and O–H groups in total. The first-order valence-electron chi connectivity index (χ1n) is 0.408. The molecule has 0 bridgehead atoms. The molecule has 0 aliphatic heterocycles. The quantitative estimate of drug-likeness (QED) is 0.489. The zero-order valence-electron chi connectivity index (χ0n) is 2.33. The minimum Gasteiger partial charge on any atom is 0 e. The molecule has 0 saturated carbocycles. The molecule has 5 heavy (non-hydrogen) atoms. The van der Waals surface area contributed by atoms with Crippen molar-refractivity contribution in [3.05, 3.63) is 0 Å². The van der Waals surface area contributed by atoms with Crippen LogP contribution in [0.15, 0.2) is 0 Å². The summed E-state index contributed by atoms with van der Waals surface area (Å²) in [6.45, 7) is 0. The topological polar surface area (TPSA) is 34.1 Å². The van der Waals surface area contributed by atoms with Crippen LogP contribution >= 0.6 is 0 Å². The van der Waals surface area contributed by atoms with Crippen molar-refractivity contribution in [1.82, 2.24) is 0 Å². The van der Waals surface area contributed by atoms with Crippen molar-refractivity contribution in [3.63, 3.8) is 0 Å². The average molecular weight is 336 g/mol. The summed E-state index contributed by atoms with van der Waals surface area (Å²) in [4.78, 5) is 0. The van der Waals surface area contributed by atoms with E-state index < -0.39 is 9.29 Å². The van der Waals surface area contributed by atoms with Crippen molar-refractivity contribution in [2.75, 3.05) is 0 Å². The largest absolute Gasteiger partial charge is 0 e. The second-order valence-corrected chi connectivity index (χ2v) is 0.250. The number of hydrogen-bond acceptors (Lipinski definition) is 2. The fraction of sp³-hybridized carbons (Fsp3) is 0. The summed E-state index contributed by atoms with van der Waals surface area (Å²) >= 11 is 0. The van der Waals surface area contributed by atoms with E-state index in [0.29, 0.717) is 0 Å². The summed E-state index contributed by atoms with van der Waals surface area (Å²) in [7, 11) is -1.42. The van der Waals surface area contributed by atoms with Gasteiger partial charge < -0.3 is 0 Å². The van der Waals surface area contributed by atoms with E-state index in [0.717, 1.165) is 0 Å². The van der Waals surface area contributed by atoms with E-state index in [1.165, 1.54) is 0 Å². The van der Waals surface area contributed by atoms with Gasteiger partial charge in [0.15, 0.2) is 0 Å². The molecular formula is H3BiCuO2Si. The third kappa shape index (κ3) is 36.4. The summed E-state index contributed by atoms with van der Waals surface area (Å²) < 4.78 is 16.8. The summed E-state index contributed by atoms with van der Waals surface area (Å²) in [5, 5.41) is 0. The van der Waals surface area contributed by atoms with Crippen molar-refractivity contribution in [1.29, 1.82) is 0 Å².